The van der Waals surface area contributed by atoms with E-state index < -0.39 is 6.10 Å². The normalized spacial score (nSPS) is 20.7. The van der Waals surface area contributed by atoms with Gasteiger partial charge in [0.1, 0.15) is 5.76 Å². The Morgan fingerprint density at radius 1 is 1.35 bits per heavy atom. The fourth-order valence-corrected chi connectivity index (χ4v) is 2.91. The van der Waals surface area contributed by atoms with E-state index in [-0.39, 0.29) is 29.6 Å². The standard InChI is InChI=1S/C17H18N2O4/c1-11-6-14(20)8-16(23-11)17(22)19-9-13(15(21)10-19)7-12-2-4-18-5-3-12/h2-6,8,13,15,21H,7,9-10H2,1H3/t13-,15-/m1/s1. The van der Waals surface area contributed by atoms with Gasteiger partial charge >= 0.3 is 0 Å². The Morgan fingerprint density at radius 2 is 2.09 bits per heavy atom. The number of carbonyl (C=O) groups excluding carboxylic acids is 1. The Balaban J connectivity index is 1.72. The lowest BCUT2D eigenvalue weighted by atomic mass is 9.97. The van der Waals surface area contributed by atoms with Crippen LogP contribution in [0.15, 0.2) is 45.9 Å². The number of hydrogen-bond donors (Lipinski definition) is 1. The summed E-state index contributed by atoms with van der Waals surface area (Å²) in [7, 11) is 0. The molecule has 1 saturated heterocycles. The maximum absolute atomic E-state index is 12.5. The molecular formula is C17H18N2O4. The second-order valence-corrected chi connectivity index (χ2v) is 5.87. The van der Waals surface area contributed by atoms with Gasteiger partial charge in [-0.2, -0.15) is 0 Å². The molecule has 2 atom stereocenters. The summed E-state index contributed by atoms with van der Waals surface area (Å²) in [5.74, 6) is 0.0145. The van der Waals surface area contributed by atoms with Gasteiger partial charge in [-0.05, 0) is 31.0 Å². The molecular weight excluding hydrogens is 296 g/mol. The van der Waals surface area contributed by atoms with Crippen LogP contribution in [-0.4, -0.2) is 40.1 Å². The number of aromatic nitrogens is 1. The zero-order valence-electron chi connectivity index (χ0n) is 12.8. The second kappa shape index (κ2) is 6.34. The first-order valence-electron chi connectivity index (χ1n) is 7.51. The van der Waals surface area contributed by atoms with Crippen molar-refractivity contribution in [1.82, 2.24) is 9.88 Å². The Bertz CT molecular complexity index is 757. The number of nitrogens with zero attached hydrogens (tertiary/aromatic N) is 2. The van der Waals surface area contributed by atoms with Crippen LogP contribution >= 0.6 is 0 Å². The molecule has 0 aromatic carbocycles. The summed E-state index contributed by atoms with van der Waals surface area (Å²) in [6.45, 7) is 2.30. The third kappa shape index (κ3) is 3.48. The van der Waals surface area contributed by atoms with Crippen LogP contribution in [0.4, 0.5) is 0 Å². The smallest absolute Gasteiger partial charge is 0.289 e. The van der Waals surface area contributed by atoms with Gasteiger partial charge in [0.15, 0.2) is 11.2 Å². The minimum Gasteiger partial charge on any atom is -0.456 e. The van der Waals surface area contributed by atoms with Gasteiger partial charge in [0.25, 0.3) is 5.91 Å². The fraction of sp³-hybridized carbons (Fsp3) is 0.353. The van der Waals surface area contributed by atoms with E-state index in [9.17, 15) is 14.7 Å². The van der Waals surface area contributed by atoms with E-state index in [0.29, 0.717) is 18.7 Å². The molecule has 0 unspecified atom stereocenters. The molecule has 3 heterocycles. The number of β-amino-alcohol motifs (C(OH)–C–C–N with tert-alkyl or cyclic N) is 1. The number of likely N-dealkylation sites (tertiary alicyclic amines) is 1. The van der Waals surface area contributed by atoms with Crippen molar-refractivity contribution in [1.29, 1.82) is 0 Å². The van der Waals surface area contributed by atoms with Crippen LogP contribution < -0.4 is 5.43 Å². The van der Waals surface area contributed by atoms with Gasteiger partial charge in [0.2, 0.25) is 0 Å². The molecule has 0 saturated carbocycles. The van der Waals surface area contributed by atoms with Crippen molar-refractivity contribution < 1.29 is 14.3 Å². The lowest BCUT2D eigenvalue weighted by Gasteiger charge is -2.15. The molecule has 0 spiro atoms. The fourth-order valence-electron chi connectivity index (χ4n) is 2.91. The monoisotopic (exact) mass is 314 g/mol. The largest absolute Gasteiger partial charge is 0.456 e. The molecule has 1 amide bonds. The van der Waals surface area contributed by atoms with Crippen LogP contribution in [0.5, 0.6) is 0 Å². The van der Waals surface area contributed by atoms with Crippen LogP contribution in [0, 0.1) is 12.8 Å². The van der Waals surface area contributed by atoms with Crippen LogP contribution in [0.25, 0.3) is 0 Å². The van der Waals surface area contributed by atoms with Gasteiger partial charge in [0, 0.05) is 43.5 Å². The predicted octanol–water partition coefficient (Wildman–Crippen LogP) is 1.02. The van der Waals surface area contributed by atoms with Gasteiger partial charge in [-0.1, -0.05) is 0 Å². The Morgan fingerprint density at radius 3 is 2.78 bits per heavy atom. The first-order chi connectivity index (χ1) is 11.0. The van der Waals surface area contributed by atoms with Crippen molar-refractivity contribution >= 4 is 5.91 Å². The van der Waals surface area contributed by atoms with Crippen molar-refractivity contribution in [2.24, 2.45) is 5.92 Å². The molecule has 1 aliphatic heterocycles. The van der Waals surface area contributed by atoms with Crippen LogP contribution in [0.2, 0.25) is 0 Å². The maximum atomic E-state index is 12.5. The number of amides is 1. The number of rotatable bonds is 3. The molecule has 3 rings (SSSR count). The molecule has 1 N–H and O–H groups in total. The molecule has 0 radical (unpaired) electrons. The van der Waals surface area contributed by atoms with E-state index in [2.05, 4.69) is 4.98 Å². The summed E-state index contributed by atoms with van der Waals surface area (Å²) in [6.07, 6.45) is 3.50. The van der Waals surface area contributed by atoms with Crippen LogP contribution in [0.3, 0.4) is 0 Å². The average molecular weight is 314 g/mol. The first-order valence-corrected chi connectivity index (χ1v) is 7.51. The highest BCUT2D eigenvalue weighted by molar-refractivity contribution is 5.91. The number of hydrogen-bond acceptors (Lipinski definition) is 5. The topological polar surface area (TPSA) is 83.6 Å². The van der Waals surface area contributed by atoms with E-state index in [4.69, 9.17) is 4.42 Å². The van der Waals surface area contributed by atoms with Gasteiger partial charge in [-0.25, -0.2) is 0 Å². The molecule has 1 aliphatic rings. The lowest BCUT2D eigenvalue weighted by Crippen LogP contribution is -2.30. The minimum absolute atomic E-state index is 0.0201. The molecule has 0 aliphatic carbocycles. The average Bonchev–Trinajstić information content (AvgIpc) is 2.87. The zero-order chi connectivity index (χ0) is 16.4. The van der Waals surface area contributed by atoms with Crippen molar-refractivity contribution in [3.63, 3.8) is 0 Å². The van der Waals surface area contributed by atoms with Crippen molar-refractivity contribution in [3.8, 4) is 0 Å². The number of aryl methyl sites for hydroxylation is 1. The van der Waals surface area contributed by atoms with E-state index in [1.54, 1.807) is 19.3 Å². The Kier molecular flexibility index (Phi) is 4.25. The van der Waals surface area contributed by atoms with Crippen LogP contribution in [0.1, 0.15) is 21.9 Å². The Labute approximate surface area is 133 Å². The van der Waals surface area contributed by atoms with Gasteiger partial charge in [-0.15, -0.1) is 0 Å². The number of carbonyl (C=O) groups is 1. The lowest BCUT2D eigenvalue weighted by molar-refractivity contribution is 0.0729. The number of aliphatic hydroxyl groups is 1. The highest BCUT2D eigenvalue weighted by atomic mass is 16.3. The first kappa shape index (κ1) is 15.4. The van der Waals surface area contributed by atoms with Gasteiger partial charge < -0.3 is 14.4 Å². The molecule has 6 nitrogen and oxygen atoms in total. The quantitative estimate of drug-likeness (QED) is 0.914. The molecule has 23 heavy (non-hydrogen) atoms. The molecule has 0 bridgehead atoms. The van der Waals surface area contributed by atoms with Crippen molar-refractivity contribution in [3.05, 3.63) is 64.0 Å². The van der Waals surface area contributed by atoms with Crippen molar-refractivity contribution in [2.75, 3.05) is 13.1 Å². The number of aliphatic hydroxyl groups excluding tert-OH is 1. The Hall–Kier alpha value is -2.47. The van der Waals surface area contributed by atoms with Crippen molar-refractivity contribution in [2.45, 2.75) is 19.4 Å². The second-order valence-electron chi connectivity index (χ2n) is 5.87. The summed E-state index contributed by atoms with van der Waals surface area (Å²) >= 11 is 0. The zero-order valence-corrected chi connectivity index (χ0v) is 12.8. The summed E-state index contributed by atoms with van der Waals surface area (Å²) < 4.78 is 5.34. The van der Waals surface area contributed by atoms with Gasteiger partial charge in [-0.3, -0.25) is 14.6 Å². The minimum atomic E-state index is -0.594. The number of pyridine rings is 1. The highest BCUT2D eigenvalue weighted by Gasteiger charge is 2.35. The van der Waals surface area contributed by atoms with E-state index in [1.807, 2.05) is 12.1 Å². The third-order valence-corrected chi connectivity index (χ3v) is 4.04. The summed E-state index contributed by atoms with van der Waals surface area (Å²) in [5, 5.41) is 10.2. The summed E-state index contributed by atoms with van der Waals surface area (Å²) in [4.78, 5) is 29.5. The molecule has 1 fully saturated rings. The summed E-state index contributed by atoms with van der Waals surface area (Å²) in [6, 6.07) is 6.33. The maximum Gasteiger partial charge on any atom is 0.289 e. The van der Waals surface area contributed by atoms with Crippen LogP contribution in [-0.2, 0) is 6.42 Å². The summed E-state index contributed by atoms with van der Waals surface area (Å²) in [5.41, 5.74) is 0.811. The molecule has 6 heteroatoms. The van der Waals surface area contributed by atoms with E-state index >= 15 is 0 Å². The molecule has 2 aromatic heterocycles. The van der Waals surface area contributed by atoms with E-state index in [0.717, 1.165) is 5.56 Å². The molecule has 120 valence electrons. The highest BCUT2D eigenvalue weighted by Crippen LogP contribution is 2.23. The SMILES string of the molecule is Cc1cc(=O)cc(C(=O)N2C[C@@H](Cc3ccncc3)[C@H](O)C2)o1. The molecule has 2 aromatic rings. The predicted molar refractivity (Wildman–Crippen MR) is 83.1 cm³/mol. The van der Waals surface area contributed by atoms with Gasteiger partial charge in [0.05, 0.1) is 6.10 Å². The van der Waals surface area contributed by atoms with E-state index in [1.165, 1.54) is 17.0 Å². The third-order valence-electron chi connectivity index (χ3n) is 4.04.